The third-order valence-corrected chi connectivity index (χ3v) is 8.09. The highest BCUT2D eigenvalue weighted by molar-refractivity contribution is 6.15. The lowest BCUT2D eigenvalue weighted by Crippen LogP contribution is -2.50. The fraction of sp³-hybridized carbons (Fsp3) is 0.310. The summed E-state index contributed by atoms with van der Waals surface area (Å²) in [5, 5.41) is 2.23. The molecule has 3 aromatic carbocycles. The number of amides is 1. The summed E-state index contributed by atoms with van der Waals surface area (Å²) in [6.07, 6.45) is 5.26. The van der Waals surface area contributed by atoms with E-state index in [9.17, 15) is 9.18 Å². The Hall–Kier alpha value is -3.51. The average Bonchev–Trinajstić information content (AvgIpc) is 3.53. The van der Waals surface area contributed by atoms with Crippen LogP contribution in [-0.4, -0.2) is 54.6 Å². The zero-order chi connectivity index (χ0) is 23.5. The fourth-order valence-corrected chi connectivity index (χ4v) is 6.31. The van der Waals surface area contributed by atoms with Crippen molar-refractivity contribution in [1.82, 2.24) is 9.88 Å². The lowest BCUT2D eigenvalue weighted by molar-refractivity contribution is 0.0991. The first kappa shape index (κ1) is 20.8. The van der Waals surface area contributed by atoms with Gasteiger partial charge < -0.3 is 9.80 Å². The van der Waals surface area contributed by atoms with Crippen LogP contribution in [-0.2, 0) is 6.42 Å². The standard InChI is InChI=1S/C29H27FN4O/c30-25-8-7-23(21-5-1-2-6-22(21)25)29(35)34-13-10-19-16-26-24(17-28(19)34)27(9-11-31-26)33-15-14-32-12-3-4-20(32)18-33/h1-2,5-9,11,16-17,20H,3-4,10,12-15,18H2/t20-/m0/s1. The van der Waals surface area contributed by atoms with E-state index in [2.05, 4.69) is 33.0 Å². The van der Waals surface area contributed by atoms with Crippen LogP contribution in [0.4, 0.5) is 15.8 Å². The second-order valence-electron chi connectivity index (χ2n) is 9.95. The molecule has 0 bridgehead atoms. The molecule has 3 aliphatic rings. The van der Waals surface area contributed by atoms with Crippen LogP contribution >= 0.6 is 0 Å². The van der Waals surface area contributed by atoms with Gasteiger partial charge in [-0.25, -0.2) is 4.39 Å². The van der Waals surface area contributed by atoms with E-state index < -0.39 is 0 Å². The van der Waals surface area contributed by atoms with Gasteiger partial charge in [-0.1, -0.05) is 24.3 Å². The topological polar surface area (TPSA) is 39.7 Å². The predicted octanol–water partition coefficient (Wildman–Crippen LogP) is 5.01. The molecule has 0 aliphatic carbocycles. The second-order valence-corrected chi connectivity index (χ2v) is 9.95. The SMILES string of the molecule is O=C(c1ccc(F)c2ccccc12)N1CCc2cc3nccc(N4CCN5CCC[C@H]5C4)c3cc21. The summed E-state index contributed by atoms with van der Waals surface area (Å²) in [5.74, 6) is -0.382. The minimum absolute atomic E-state index is 0.0793. The third-order valence-electron chi connectivity index (χ3n) is 8.09. The van der Waals surface area contributed by atoms with Crippen molar-refractivity contribution >= 4 is 39.0 Å². The number of anilines is 2. The van der Waals surface area contributed by atoms with E-state index in [4.69, 9.17) is 0 Å². The summed E-state index contributed by atoms with van der Waals surface area (Å²) in [6, 6.07) is 17.3. The number of aromatic nitrogens is 1. The van der Waals surface area contributed by atoms with Gasteiger partial charge in [0.25, 0.3) is 5.91 Å². The van der Waals surface area contributed by atoms with Gasteiger partial charge in [-0.2, -0.15) is 0 Å². The highest BCUT2D eigenvalue weighted by atomic mass is 19.1. The molecule has 4 heterocycles. The van der Waals surface area contributed by atoms with Crippen LogP contribution in [0.15, 0.2) is 60.8 Å². The monoisotopic (exact) mass is 466 g/mol. The molecule has 2 saturated heterocycles. The van der Waals surface area contributed by atoms with Gasteiger partial charge >= 0.3 is 0 Å². The van der Waals surface area contributed by atoms with Crippen molar-refractivity contribution in [3.8, 4) is 0 Å². The zero-order valence-corrected chi connectivity index (χ0v) is 19.6. The van der Waals surface area contributed by atoms with Crippen LogP contribution in [0.5, 0.6) is 0 Å². The number of benzene rings is 3. The van der Waals surface area contributed by atoms with Crippen LogP contribution in [0.2, 0.25) is 0 Å². The van der Waals surface area contributed by atoms with Crippen LogP contribution < -0.4 is 9.80 Å². The molecule has 1 atom stereocenters. The summed E-state index contributed by atoms with van der Waals surface area (Å²) in [6.45, 7) is 4.99. The van der Waals surface area contributed by atoms with Crippen molar-refractivity contribution in [2.24, 2.45) is 0 Å². The van der Waals surface area contributed by atoms with E-state index >= 15 is 0 Å². The summed E-state index contributed by atoms with van der Waals surface area (Å²) in [7, 11) is 0. The Kier molecular flexibility index (Phi) is 4.77. The van der Waals surface area contributed by atoms with Crippen LogP contribution in [0, 0.1) is 5.82 Å². The Balaban J connectivity index is 1.29. The van der Waals surface area contributed by atoms with E-state index in [-0.39, 0.29) is 11.7 Å². The van der Waals surface area contributed by atoms with E-state index in [0.717, 1.165) is 48.2 Å². The molecule has 176 valence electrons. The number of fused-ring (bicyclic) bond motifs is 4. The molecule has 3 aliphatic heterocycles. The largest absolute Gasteiger partial charge is 0.368 e. The quantitative estimate of drug-likeness (QED) is 0.416. The molecule has 0 spiro atoms. The average molecular weight is 467 g/mol. The first-order chi connectivity index (χ1) is 17.2. The number of halogens is 1. The molecule has 7 rings (SSSR count). The van der Waals surface area contributed by atoms with Gasteiger partial charge in [-0.15, -0.1) is 0 Å². The number of rotatable bonds is 2. The second kappa shape index (κ2) is 8.02. The van der Waals surface area contributed by atoms with E-state index in [1.165, 1.54) is 31.1 Å². The van der Waals surface area contributed by atoms with Gasteiger partial charge in [-0.05, 0) is 67.1 Å². The molecule has 0 unspecified atom stereocenters. The summed E-state index contributed by atoms with van der Waals surface area (Å²) >= 11 is 0. The minimum Gasteiger partial charge on any atom is -0.368 e. The maximum atomic E-state index is 14.4. The summed E-state index contributed by atoms with van der Waals surface area (Å²) < 4.78 is 14.4. The number of carbonyl (C=O) groups excluding carboxylic acids is 1. The Morgan fingerprint density at radius 1 is 0.914 bits per heavy atom. The van der Waals surface area contributed by atoms with Gasteiger partial charge in [0.2, 0.25) is 0 Å². The Morgan fingerprint density at radius 3 is 2.71 bits per heavy atom. The third kappa shape index (κ3) is 3.31. The molecule has 1 amide bonds. The van der Waals surface area contributed by atoms with Gasteiger partial charge in [-0.3, -0.25) is 14.7 Å². The first-order valence-corrected chi connectivity index (χ1v) is 12.6. The van der Waals surface area contributed by atoms with Crippen molar-refractivity contribution in [2.45, 2.75) is 25.3 Å². The number of hydrogen-bond acceptors (Lipinski definition) is 4. The number of pyridine rings is 1. The van der Waals surface area contributed by atoms with Crippen LogP contribution in [0.1, 0.15) is 28.8 Å². The maximum absolute atomic E-state index is 14.4. The van der Waals surface area contributed by atoms with Gasteiger partial charge in [0.15, 0.2) is 0 Å². The van der Waals surface area contributed by atoms with E-state index in [1.54, 1.807) is 18.2 Å². The molecule has 2 fully saturated rings. The Labute approximate surface area is 203 Å². The molecule has 6 heteroatoms. The molecular formula is C29H27FN4O. The van der Waals surface area contributed by atoms with Crippen molar-refractivity contribution in [1.29, 1.82) is 0 Å². The van der Waals surface area contributed by atoms with Crippen molar-refractivity contribution < 1.29 is 9.18 Å². The molecular weight excluding hydrogens is 439 g/mol. The van der Waals surface area contributed by atoms with Gasteiger partial charge in [0, 0.05) is 66.1 Å². The lowest BCUT2D eigenvalue weighted by Gasteiger charge is -2.39. The van der Waals surface area contributed by atoms with Crippen molar-refractivity contribution in [3.63, 3.8) is 0 Å². The Bertz CT molecular complexity index is 1480. The predicted molar refractivity (Wildman–Crippen MR) is 138 cm³/mol. The molecule has 5 nitrogen and oxygen atoms in total. The first-order valence-electron chi connectivity index (χ1n) is 12.6. The highest BCUT2D eigenvalue weighted by Gasteiger charge is 2.32. The molecule has 35 heavy (non-hydrogen) atoms. The number of hydrogen-bond donors (Lipinski definition) is 0. The molecule has 4 aromatic rings. The number of nitrogens with zero attached hydrogens (tertiary/aromatic N) is 4. The highest BCUT2D eigenvalue weighted by Crippen LogP contribution is 2.38. The lowest BCUT2D eigenvalue weighted by atomic mass is 10.0. The maximum Gasteiger partial charge on any atom is 0.258 e. The Morgan fingerprint density at radius 2 is 1.80 bits per heavy atom. The van der Waals surface area contributed by atoms with Crippen LogP contribution in [0.25, 0.3) is 21.7 Å². The molecule has 1 aromatic heterocycles. The van der Waals surface area contributed by atoms with Crippen molar-refractivity contribution in [3.05, 3.63) is 77.7 Å². The van der Waals surface area contributed by atoms with Gasteiger partial charge in [0.1, 0.15) is 5.82 Å². The molecule has 0 saturated carbocycles. The van der Waals surface area contributed by atoms with Crippen molar-refractivity contribution in [2.75, 3.05) is 42.5 Å². The number of carbonyl (C=O) groups is 1. The summed E-state index contributed by atoms with van der Waals surface area (Å²) in [5.41, 5.74) is 4.82. The van der Waals surface area contributed by atoms with Crippen LogP contribution in [0.3, 0.4) is 0 Å². The normalized spacial score (nSPS) is 20.0. The zero-order valence-electron chi connectivity index (χ0n) is 19.6. The van der Waals surface area contributed by atoms with E-state index in [1.807, 2.05) is 23.2 Å². The molecule has 0 radical (unpaired) electrons. The minimum atomic E-state index is -0.303. The van der Waals surface area contributed by atoms with E-state index in [0.29, 0.717) is 28.9 Å². The summed E-state index contributed by atoms with van der Waals surface area (Å²) in [4.78, 5) is 25.4. The van der Waals surface area contributed by atoms with Gasteiger partial charge in [0.05, 0.1) is 5.52 Å². The smallest absolute Gasteiger partial charge is 0.258 e. The molecule has 0 N–H and O–H groups in total. The fourth-order valence-electron chi connectivity index (χ4n) is 6.31. The number of piperazine rings is 1.